The van der Waals surface area contributed by atoms with Crippen molar-refractivity contribution in [3.63, 3.8) is 0 Å². The van der Waals surface area contributed by atoms with Gasteiger partial charge in [0.25, 0.3) is 0 Å². The predicted octanol–water partition coefficient (Wildman–Crippen LogP) is 3.99. The molecule has 4 nitrogen and oxygen atoms in total. The molecule has 4 rings (SSSR count). The van der Waals surface area contributed by atoms with Gasteiger partial charge in [-0.2, -0.15) is 0 Å². The Balaban J connectivity index is 1.39. The smallest absolute Gasteiger partial charge is 0.119 e. The van der Waals surface area contributed by atoms with Crippen LogP contribution in [0.15, 0.2) is 54.1 Å². The van der Waals surface area contributed by atoms with Crippen LogP contribution >= 0.6 is 11.3 Å². The number of hydrogen-bond donors (Lipinski definition) is 0. The van der Waals surface area contributed by atoms with Crippen LogP contribution in [0.5, 0.6) is 5.75 Å². The van der Waals surface area contributed by atoms with Crippen molar-refractivity contribution < 1.29 is 4.74 Å². The van der Waals surface area contributed by atoms with Crippen molar-refractivity contribution >= 4 is 17.4 Å². The number of ether oxygens (including phenoxy) is 1. The number of imidazole rings is 1. The predicted molar refractivity (Wildman–Crippen MR) is 96.3 cm³/mol. The third-order valence-corrected chi connectivity index (χ3v) is 4.99. The van der Waals surface area contributed by atoms with Crippen molar-refractivity contribution in [3.05, 3.63) is 70.2 Å². The standard InChI is InChI=1S/C19H19N3OS/c1-2-17-13-18(23-9-8-22-7-5-20-14-22)4-3-16(17)11-15(1)12-19-21-6-10-24-19/h3-7,10,12-14H,1-2,8-9,11H2. The highest BCUT2D eigenvalue weighted by Crippen LogP contribution is 2.29. The Labute approximate surface area is 145 Å². The molecule has 2 heterocycles. The summed E-state index contributed by atoms with van der Waals surface area (Å²) in [6.45, 7) is 1.47. The molecule has 122 valence electrons. The first-order valence-electron chi connectivity index (χ1n) is 8.16. The van der Waals surface area contributed by atoms with Crippen LogP contribution in [-0.2, 0) is 19.4 Å². The van der Waals surface area contributed by atoms with Gasteiger partial charge in [-0.25, -0.2) is 9.97 Å². The van der Waals surface area contributed by atoms with E-state index in [2.05, 4.69) is 34.2 Å². The molecule has 0 spiro atoms. The maximum atomic E-state index is 5.89. The maximum Gasteiger partial charge on any atom is 0.119 e. The Kier molecular flexibility index (Phi) is 4.42. The number of nitrogens with zero attached hydrogens (tertiary/aromatic N) is 3. The summed E-state index contributed by atoms with van der Waals surface area (Å²) < 4.78 is 7.91. The second kappa shape index (κ2) is 7.01. The molecular weight excluding hydrogens is 318 g/mol. The minimum Gasteiger partial charge on any atom is -0.492 e. The summed E-state index contributed by atoms with van der Waals surface area (Å²) in [7, 11) is 0. The lowest BCUT2D eigenvalue weighted by Crippen LogP contribution is -2.09. The molecule has 0 aliphatic heterocycles. The SMILES string of the molecule is C(=C1CCc2cc(OCCn3ccnc3)ccc2C1)c1nccs1. The fourth-order valence-corrected chi connectivity index (χ4v) is 3.63. The molecule has 1 aliphatic carbocycles. The normalized spacial score (nSPS) is 15.4. The van der Waals surface area contributed by atoms with Crippen LogP contribution < -0.4 is 4.74 Å². The number of thiazole rings is 1. The van der Waals surface area contributed by atoms with Gasteiger partial charge in [-0.1, -0.05) is 11.6 Å². The first-order chi connectivity index (χ1) is 11.9. The number of rotatable bonds is 5. The second-order valence-corrected chi connectivity index (χ2v) is 6.86. The van der Waals surface area contributed by atoms with Gasteiger partial charge in [-0.3, -0.25) is 0 Å². The molecule has 0 bridgehead atoms. The molecule has 0 saturated carbocycles. The number of aryl methyl sites for hydroxylation is 1. The maximum absolute atomic E-state index is 5.89. The van der Waals surface area contributed by atoms with E-state index in [1.165, 1.54) is 16.7 Å². The molecule has 5 heteroatoms. The van der Waals surface area contributed by atoms with Gasteiger partial charge in [-0.05, 0) is 48.6 Å². The van der Waals surface area contributed by atoms with Crippen molar-refractivity contribution in [1.82, 2.24) is 14.5 Å². The van der Waals surface area contributed by atoms with E-state index in [0.717, 1.165) is 36.6 Å². The van der Waals surface area contributed by atoms with E-state index in [4.69, 9.17) is 4.74 Å². The lowest BCUT2D eigenvalue weighted by molar-refractivity contribution is 0.298. The molecule has 0 atom stereocenters. The van der Waals surface area contributed by atoms with E-state index in [0.29, 0.717) is 6.61 Å². The Bertz CT molecular complexity index is 822. The van der Waals surface area contributed by atoms with Crippen LogP contribution in [0.2, 0.25) is 0 Å². The lowest BCUT2D eigenvalue weighted by atomic mass is 9.88. The van der Waals surface area contributed by atoms with E-state index < -0.39 is 0 Å². The summed E-state index contributed by atoms with van der Waals surface area (Å²) in [6, 6.07) is 6.49. The van der Waals surface area contributed by atoms with Crippen molar-refractivity contribution in [2.45, 2.75) is 25.8 Å². The average molecular weight is 337 g/mol. The zero-order valence-corrected chi connectivity index (χ0v) is 14.2. The third-order valence-electron chi connectivity index (χ3n) is 4.27. The van der Waals surface area contributed by atoms with Gasteiger partial charge in [0.1, 0.15) is 17.4 Å². The number of aromatic nitrogens is 3. The molecule has 0 unspecified atom stereocenters. The van der Waals surface area contributed by atoms with Crippen molar-refractivity contribution in [2.75, 3.05) is 6.61 Å². The Morgan fingerprint density at radius 3 is 3.04 bits per heavy atom. The van der Waals surface area contributed by atoms with Crippen LogP contribution in [-0.4, -0.2) is 21.1 Å². The fourth-order valence-electron chi connectivity index (χ4n) is 3.02. The second-order valence-electron chi connectivity index (χ2n) is 5.93. The highest BCUT2D eigenvalue weighted by atomic mass is 32.1. The summed E-state index contributed by atoms with van der Waals surface area (Å²) >= 11 is 1.69. The van der Waals surface area contributed by atoms with E-state index >= 15 is 0 Å². The first kappa shape index (κ1) is 15.1. The van der Waals surface area contributed by atoms with Gasteiger partial charge in [-0.15, -0.1) is 11.3 Å². The van der Waals surface area contributed by atoms with Crippen LogP contribution in [0.25, 0.3) is 6.08 Å². The van der Waals surface area contributed by atoms with Gasteiger partial charge in [0.2, 0.25) is 0 Å². The summed E-state index contributed by atoms with van der Waals surface area (Å²) in [5.41, 5.74) is 4.28. The van der Waals surface area contributed by atoms with E-state index in [-0.39, 0.29) is 0 Å². The van der Waals surface area contributed by atoms with E-state index in [1.54, 1.807) is 17.5 Å². The summed E-state index contributed by atoms with van der Waals surface area (Å²) in [5.74, 6) is 0.959. The average Bonchev–Trinajstić information content (AvgIpc) is 3.29. The van der Waals surface area contributed by atoms with E-state index in [9.17, 15) is 0 Å². The van der Waals surface area contributed by atoms with Crippen molar-refractivity contribution in [1.29, 1.82) is 0 Å². The summed E-state index contributed by atoms with van der Waals surface area (Å²) in [5, 5.41) is 3.13. The van der Waals surface area contributed by atoms with Gasteiger partial charge in [0, 0.05) is 24.0 Å². The quantitative estimate of drug-likeness (QED) is 0.707. The zero-order valence-electron chi connectivity index (χ0n) is 13.4. The minimum atomic E-state index is 0.657. The van der Waals surface area contributed by atoms with Crippen LogP contribution in [0, 0.1) is 0 Å². The van der Waals surface area contributed by atoms with Crippen LogP contribution in [0.3, 0.4) is 0 Å². The summed E-state index contributed by atoms with van der Waals surface area (Å²) in [6.07, 6.45) is 12.8. The number of hydrogen-bond acceptors (Lipinski definition) is 4. The zero-order chi connectivity index (χ0) is 16.2. The third kappa shape index (κ3) is 3.57. The molecule has 0 saturated heterocycles. The first-order valence-corrected chi connectivity index (χ1v) is 9.04. The largest absolute Gasteiger partial charge is 0.492 e. The lowest BCUT2D eigenvalue weighted by Gasteiger charge is -2.19. The molecule has 2 aromatic heterocycles. The van der Waals surface area contributed by atoms with Crippen molar-refractivity contribution in [3.8, 4) is 5.75 Å². The molecule has 0 amide bonds. The molecule has 3 aromatic rings. The van der Waals surface area contributed by atoms with Gasteiger partial charge in [0.05, 0.1) is 12.9 Å². The highest BCUT2D eigenvalue weighted by Gasteiger charge is 2.14. The van der Waals surface area contributed by atoms with Gasteiger partial charge >= 0.3 is 0 Å². The van der Waals surface area contributed by atoms with Gasteiger partial charge in [0.15, 0.2) is 0 Å². The Morgan fingerprint density at radius 1 is 1.21 bits per heavy atom. The van der Waals surface area contributed by atoms with E-state index in [1.807, 2.05) is 28.7 Å². The molecule has 0 fully saturated rings. The van der Waals surface area contributed by atoms with Crippen LogP contribution in [0.4, 0.5) is 0 Å². The molecule has 0 N–H and O–H groups in total. The molecule has 0 radical (unpaired) electrons. The monoisotopic (exact) mass is 337 g/mol. The van der Waals surface area contributed by atoms with Gasteiger partial charge < -0.3 is 9.30 Å². The van der Waals surface area contributed by atoms with Crippen molar-refractivity contribution in [2.24, 2.45) is 0 Å². The molecule has 1 aromatic carbocycles. The molecular formula is C19H19N3OS. The Hall–Kier alpha value is -2.40. The van der Waals surface area contributed by atoms with Crippen LogP contribution in [0.1, 0.15) is 22.6 Å². The number of benzene rings is 1. The Morgan fingerprint density at radius 2 is 2.21 bits per heavy atom. The highest BCUT2D eigenvalue weighted by molar-refractivity contribution is 7.10. The summed E-state index contributed by atoms with van der Waals surface area (Å²) in [4.78, 5) is 8.39. The molecule has 1 aliphatic rings. The molecule has 24 heavy (non-hydrogen) atoms. The fraction of sp³-hybridized carbons (Fsp3) is 0.263. The topological polar surface area (TPSA) is 39.9 Å². The number of allylic oxidation sites excluding steroid dienone is 1. The minimum absolute atomic E-state index is 0.657. The number of fused-ring (bicyclic) bond motifs is 1.